The fourth-order valence-electron chi connectivity index (χ4n) is 3.50. The Hall–Kier alpha value is -2.69. The molecule has 0 spiro atoms. The summed E-state index contributed by atoms with van der Waals surface area (Å²) >= 11 is 0. The Bertz CT molecular complexity index is 861. The van der Waals surface area contributed by atoms with Gasteiger partial charge in [-0.05, 0) is 42.5 Å². The average molecular weight is 369 g/mol. The first kappa shape index (κ1) is 19.1. The molecule has 3 rings (SSSR count). The van der Waals surface area contributed by atoms with E-state index in [1.54, 1.807) is 0 Å². The highest BCUT2D eigenvalue weighted by atomic mass is 19.1. The number of nitrogens with one attached hydrogen (secondary N) is 1. The number of carbonyl (C=O) groups excluding carboxylic acids is 2. The quantitative estimate of drug-likeness (QED) is 0.824. The number of ketones is 1. The van der Waals surface area contributed by atoms with Gasteiger partial charge in [0.15, 0.2) is 12.4 Å². The van der Waals surface area contributed by atoms with Crippen molar-refractivity contribution in [2.75, 3.05) is 6.61 Å². The average Bonchev–Trinajstić information content (AvgIpc) is 2.96. The Morgan fingerprint density at radius 3 is 2.63 bits per heavy atom. The second kappa shape index (κ2) is 7.91. The van der Waals surface area contributed by atoms with E-state index < -0.39 is 5.82 Å². The van der Waals surface area contributed by atoms with Crippen LogP contribution in [0.5, 0.6) is 5.75 Å². The molecule has 2 atom stereocenters. The Morgan fingerprint density at radius 2 is 1.96 bits per heavy atom. The molecule has 5 heteroatoms. The number of hydrogen-bond donors (Lipinski definition) is 1. The Kier molecular flexibility index (Phi) is 5.59. The lowest BCUT2D eigenvalue weighted by Crippen LogP contribution is -2.31. The summed E-state index contributed by atoms with van der Waals surface area (Å²) in [5, 5.41) is 2.88. The smallest absolute Gasteiger partial charge is 0.258 e. The van der Waals surface area contributed by atoms with Gasteiger partial charge >= 0.3 is 0 Å². The molecule has 0 bridgehead atoms. The van der Waals surface area contributed by atoms with Crippen LogP contribution in [0.25, 0.3) is 0 Å². The second-order valence-corrected chi connectivity index (χ2v) is 7.04. The van der Waals surface area contributed by atoms with Crippen molar-refractivity contribution in [1.82, 2.24) is 5.32 Å². The molecule has 0 aliphatic heterocycles. The maximum absolute atomic E-state index is 14.0. The molecule has 0 heterocycles. The summed E-state index contributed by atoms with van der Waals surface area (Å²) in [5.41, 5.74) is 2.91. The Labute approximate surface area is 158 Å². The number of amides is 1. The third-order valence-corrected chi connectivity index (χ3v) is 5.04. The van der Waals surface area contributed by atoms with Crippen molar-refractivity contribution in [2.24, 2.45) is 0 Å². The maximum atomic E-state index is 14.0. The third-order valence-electron chi connectivity index (χ3n) is 5.04. The van der Waals surface area contributed by atoms with E-state index in [2.05, 4.69) is 12.2 Å². The van der Waals surface area contributed by atoms with Crippen LogP contribution in [0.4, 0.5) is 4.39 Å². The fourth-order valence-corrected chi connectivity index (χ4v) is 3.50. The van der Waals surface area contributed by atoms with Gasteiger partial charge in [-0.15, -0.1) is 0 Å². The first-order valence-corrected chi connectivity index (χ1v) is 9.27. The van der Waals surface area contributed by atoms with Gasteiger partial charge in [0.25, 0.3) is 5.91 Å². The first-order valence-electron chi connectivity index (χ1n) is 9.27. The van der Waals surface area contributed by atoms with Gasteiger partial charge in [-0.3, -0.25) is 9.59 Å². The molecule has 0 aromatic heterocycles. The lowest BCUT2D eigenvalue weighted by atomic mass is 10.0. The van der Waals surface area contributed by atoms with Gasteiger partial charge in [-0.1, -0.05) is 38.1 Å². The van der Waals surface area contributed by atoms with Crippen LogP contribution < -0.4 is 10.1 Å². The predicted octanol–water partition coefficient (Wildman–Crippen LogP) is 4.33. The van der Waals surface area contributed by atoms with Crippen molar-refractivity contribution in [3.8, 4) is 5.75 Å². The van der Waals surface area contributed by atoms with Crippen LogP contribution in [0.1, 0.15) is 66.2 Å². The molecule has 1 aliphatic carbocycles. The highest BCUT2D eigenvalue weighted by molar-refractivity contribution is 6.03. The number of ether oxygens (including phenoxy) is 1. The highest BCUT2D eigenvalue weighted by Gasteiger charge is 2.32. The Balaban J connectivity index is 1.64. The van der Waals surface area contributed by atoms with E-state index >= 15 is 0 Å². The topological polar surface area (TPSA) is 55.4 Å². The molecule has 1 amide bonds. The summed E-state index contributed by atoms with van der Waals surface area (Å²) in [6.45, 7) is 5.58. The number of aryl methyl sites for hydroxylation is 1. The molecule has 0 unspecified atom stereocenters. The van der Waals surface area contributed by atoms with Crippen LogP contribution in [0.3, 0.4) is 0 Å². The largest absolute Gasteiger partial charge is 0.483 e. The molecule has 0 fully saturated rings. The molecular weight excluding hydrogens is 345 g/mol. The van der Waals surface area contributed by atoms with E-state index in [0.29, 0.717) is 5.56 Å². The van der Waals surface area contributed by atoms with Crippen LogP contribution in [-0.4, -0.2) is 18.3 Å². The van der Waals surface area contributed by atoms with Crippen molar-refractivity contribution >= 4 is 11.7 Å². The maximum Gasteiger partial charge on any atom is 0.258 e. The monoisotopic (exact) mass is 369 g/mol. The van der Waals surface area contributed by atoms with E-state index in [-0.39, 0.29) is 48.0 Å². The van der Waals surface area contributed by atoms with Gasteiger partial charge in [-0.25, -0.2) is 4.39 Å². The number of benzene rings is 2. The van der Waals surface area contributed by atoms with E-state index in [9.17, 15) is 14.0 Å². The zero-order valence-corrected chi connectivity index (χ0v) is 15.8. The molecular formula is C22H24FNO3. The van der Waals surface area contributed by atoms with E-state index in [1.807, 2.05) is 38.1 Å². The normalized spacial score (nSPS) is 16.7. The molecule has 27 heavy (non-hydrogen) atoms. The minimum atomic E-state index is -0.399. The van der Waals surface area contributed by atoms with Gasteiger partial charge in [0.05, 0.1) is 11.6 Å². The molecule has 0 radical (unpaired) electrons. The molecule has 2 aromatic carbocycles. The zero-order valence-electron chi connectivity index (χ0n) is 15.8. The van der Waals surface area contributed by atoms with Crippen LogP contribution in [0, 0.1) is 5.82 Å². The summed E-state index contributed by atoms with van der Waals surface area (Å²) in [7, 11) is 0. The summed E-state index contributed by atoms with van der Waals surface area (Å²) in [6.07, 6.45) is 1.23. The predicted molar refractivity (Wildman–Crippen MR) is 102 cm³/mol. The lowest BCUT2D eigenvalue weighted by Gasteiger charge is -2.16. The van der Waals surface area contributed by atoms with Crippen molar-refractivity contribution in [3.63, 3.8) is 0 Å². The van der Waals surface area contributed by atoms with Gasteiger partial charge in [0.2, 0.25) is 0 Å². The zero-order chi connectivity index (χ0) is 19.6. The number of hydrogen-bond acceptors (Lipinski definition) is 3. The van der Waals surface area contributed by atoms with Gasteiger partial charge < -0.3 is 10.1 Å². The third kappa shape index (κ3) is 4.02. The summed E-state index contributed by atoms with van der Waals surface area (Å²) in [6, 6.07) is 10.6. The lowest BCUT2D eigenvalue weighted by molar-refractivity contribution is -0.123. The van der Waals surface area contributed by atoms with Gasteiger partial charge in [-0.2, -0.15) is 0 Å². The van der Waals surface area contributed by atoms with Crippen LogP contribution in [-0.2, 0) is 11.2 Å². The van der Waals surface area contributed by atoms with Gasteiger partial charge in [0.1, 0.15) is 11.6 Å². The van der Waals surface area contributed by atoms with E-state index in [0.717, 1.165) is 12.0 Å². The first-order chi connectivity index (χ1) is 12.9. The SMILES string of the molecule is CCc1ccc([C@@H](C)NC(=O)COc2ccc(F)c3c2C(=O)C[C@H]3C)cc1. The van der Waals surface area contributed by atoms with Gasteiger partial charge in [0, 0.05) is 12.0 Å². The number of rotatable bonds is 6. The molecule has 2 aromatic rings. The number of halogens is 1. The number of fused-ring (bicyclic) bond motifs is 1. The summed E-state index contributed by atoms with van der Waals surface area (Å²) in [4.78, 5) is 24.4. The Morgan fingerprint density at radius 1 is 1.26 bits per heavy atom. The molecule has 0 saturated carbocycles. The summed E-state index contributed by atoms with van der Waals surface area (Å²) in [5.74, 6) is -0.730. The van der Waals surface area contributed by atoms with Crippen molar-refractivity contribution in [2.45, 2.75) is 45.6 Å². The van der Waals surface area contributed by atoms with Crippen molar-refractivity contribution in [1.29, 1.82) is 0 Å². The van der Waals surface area contributed by atoms with Crippen molar-refractivity contribution in [3.05, 3.63) is 64.5 Å². The highest BCUT2D eigenvalue weighted by Crippen LogP contribution is 2.39. The summed E-state index contributed by atoms with van der Waals surface area (Å²) < 4.78 is 19.6. The number of Topliss-reactive ketones (excluding diaryl/α,β-unsaturated/α-hetero) is 1. The molecule has 0 saturated heterocycles. The molecule has 4 nitrogen and oxygen atoms in total. The van der Waals surface area contributed by atoms with Crippen LogP contribution in [0.2, 0.25) is 0 Å². The standard InChI is InChI=1S/C22H24FNO3/c1-4-15-5-7-16(8-6-15)14(3)24-20(26)12-27-19-10-9-17(23)21-13(2)11-18(25)22(19)21/h5-10,13-14H,4,11-12H2,1-3H3,(H,24,26)/t13-,14-/m1/s1. The minimum absolute atomic E-state index is 0.142. The van der Waals surface area contributed by atoms with E-state index in [1.165, 1.54) is 17.7 Å². The second-order valence-electron chi connectivity index (χ2n) is 7.04. The molecule has 1 N–H and O–H groups in total. The molecule has 142 valence electrons. The number of carbonyl (C=O) groups is 2. The van der Waals surface area contributed by atoms with Crippen molar-refractivity contribution < 1.29 is 18.7 Å². The molecule has 1 aliphatic rings. The fraction of sp³-hybridized carbons (Fsp3) is 0.364. The van der Waals surface area contributed by atoms with Crippen LogP contribution >= 0.6 is 0 Å². The minimum Gasteiger partial charge on any atom is -0.483 e. The van der Waals surface area contributed by atoms with Crippen LogP contribution in [0.15, 0.2) is 36.4 Å². The van der Waals surface area contributed by atoms with E-state index in [4.69, 9.17) is 4.74 Å².